The lowest BCUT2D eigenvalue weighted by Gasteiger charge is -2.19. The molecule has 1 rings (SSSR count). The Labute approximate surface area is 131 Å². The topological polar surface area (TPSA) is 53.6 Å². The molecule has 124 valence electrons. The van der Waals surface area contributed by atoms with Crippen LogP contribution in [0.2, 0.25) is 0 Å². The Morgan fingerprint density at radius 1 is 1.23 bits per heavy atom. The van der Waals surface area contributed by atoms with Crippen LogP contribution in [0, 0.1) is 5.82 Å². The molecule has 0 aromatic heterocycles. The molecule has 22 heavy (non-hydrogen) atoms. The number of nitrogens with zero attached hydrogens (tertiary/aromatic N) is 1. The average Bonchev–Trinajstić information content (AvgIpc) is 2.51. The fourth-order valence-corrected chi connectivity index (χ4v) is 1.98. The molecule has 5 nitrogen and oxygen atoms in total. The number of benzene rings is 1. The third kappa shape index (κ3) is 7.26. The third-order valence-electron chi connectivity index (χ3n) is 3.17. The quantitative estimate of drug-likeness (QED) is 0.652. The Hall–Kier alpha value is -1.82. The summed E-state index contributed by atoms with van der Waals surface area (Å²) >= 11 is 0. The van der Waals surface area contributed by atoms with Crippen molar-refractivity contribution in [1.82, 2.24) is 10.6 Å². The highest BCUT2D eigenvalue weighted by Gasteiger charge is 2.06. The fraction of sp³-hybridized carbons (Fsp3) is 0.562. The molecule has 1 aromatic rings. The van der Waals surface area contributed by atoms with Crippen LogP contribution in [0.5, 0.6) is 0 Å². The van der Waals surface area contributed by atoms with Crippen molar-refractivity contribution in [2.75, 3.05) is 44.8 Å². The van der Waals surface area contributed by atoms with Crippen LogP contribution in [0.15, 0.2) is 24.3 Å². The standard InChI is InChI=1S/C16H26FN3O2/c1-3-22-13-7-11-19-16(21)18-10-6-12-20(2)15-9-5-4-8-14(15)17/h4-5,8-9H,3,6-7,10-13H2,1-2H3,(H2,18,19,21). The highest BCUT2D eigenvalue weighted by Crippen LogP contribution is 2.16. The average molecular weight is 311 g/mol. The number of ether oxygens (including phenoxy) is 1. The van der Waals surface area contributed by atoms with E-state index >= 15 is 0 Å². The maximum atomic E-state index is 13.6. The van der Waals surface area contributed by atoms with Gasteiger partial charge in [-0.25, -0.2) is 9.18 Å². The van der Waals surface area contributed by atoms with Gasteiger partial charge >= 0.3 is 6.03 Å². The second-order valence-corrected chi connectivity index (χ2v) is 4.96. The van der Waals surface area contributed by atoms with Gasteiger partial charge in [0.25, 0.3) is 0 Å². The Morgan fingerprint density at radius 3 is 2.59 bits per heavy atom. The number of amides is 2. The van der Waals surface area contributed by atoms with Gasteiger partial charge in [0.2, 0.25) is 0 Å². The van der Waals surface area contributed by atoms with Crippen LogP contribution in [0.1, 0.15) is 19.8 Å². The van der Waals surface area contributed by atoms with Crippen LogP contribution < -0.4 is 15.5 Å². The van der Waals surface area contributed by atoms with Crippen LogP contribution >= 0.6 is 0 Å². The summed E-state index contributed by atoms with van der Waals surface area (Å²) in [5.41, 5.74) is 0.572. The van der Waals surface area contributed by atoms with E-state index < -0.39 is 0 Å². The van der Waals surface area contributed by atoms with Crippen molar-refractivity contribution < 1.29 is 13.9 Å². The summed E-state index contributed by atoms with van der Waals surface area (Å²) in [4.78, 5) is 13.4. The maximum absolute atomic E-state index is 13.6. The zero-order valence-corrected chi connectivity index (χ0v) is 13.4. The monoisotopic (exact) mass is 311 g/mol. The molecule has 0 aliphatic carbocycles. The van der Waals surface area contributed by atoms with Gasteiger partial charge in [-0.1, -0.05) is 12.1 Å². The number of hydrogen-bond acceptors (Lipinski definition) is 3. The number of rotatable bonds is 10. The molecule has 0 bridgehead atoms. The number of anilines is 1. The van der Waals surface area contributed by atoms with E-state index in [9.17, 15) is 9.18 Å². The summed E-state index contributed by atoms with van der Waals surface area (Å²) < 4.78 is 18.8. The first-order valence-electron chi connectivity index (χ1n) is 7.70. The summed E-state index contributed by atoms with van der Waals surface area (Å²) in [6.07, 6.45) is 1.55. The van der Waals surface area contributed by atoms with E-state index in [-0.39, 0.29) is 11.8 Å². The molecular formula is C16H26FN3O2. The number of urea groups is 1. The van der Waals surface area contributed by atoms with E-state index in [4.69, 9.17) is 4.74 Å². The van der Waals surface area contributed by atoms with Gasteiger partial charge < -0.3 is 20.3 Å². The van der Waals surface area contributed by atoms with Crippen LogP contribution in [0.4, 0.5) is 14.9 Å². The first-order chi connectivity index (χ1) is 10.6. The summed E-state index contributed by atoms with van der Waals surface area (Å²) in [6.45, 7) is 5.12. The van der Waals surface area contributed by atoms with Crippen molar-refractivity contribution in [1.29, 1.82) is 0 Å². The molecule has 0 saturated carbocycles. The summed E-state index contributed by atoms with van der Waals surface area (Å²) in [5.74, 6) is -0.231. The van der Waals surface area contributed by atoms with Gasteiger partial charge in [-0.2, -0.15) is 0 Å². The van der Waals surface area contributed by atoms with Crippen molar-refractivity contribution >= 4 is 11.7 Å². The van der Waals surface area contributed by atoms with Gasteiger partial charge in [0.15, 0.2) is 0 Å². The molecule has 0 radical (unpaired) electrons. The lowest BCUT2D eigenvalue weighted by Crippen LogP contribution is -2.37. The number of hydrogen-bond donors (Lipinski definition) is 2. The zero-order valence-electron chi connectivity index (χ0n) is 13.4. The minimum atomic E-state index is -0.231. The number of halogens is 1. The van der Waals surface area contributed by atoms with Gasteiger partial charge in [-0.3, -0.25) is 0 Å². The van der Waals surface area contributed by atoms with Gasteiger partial charge in [-0.05, 0) is 31.9 Å². The van der Waals surface area contributed by atoms with E-state index in [0.717, 1.165) is 12.8 Å². The van der Waals surface area contributed by atoms with Crippen molar-refractivity contribution in [3.8, 4) is 0 Å². The van der Waals surface area contributed by atoms with Crippen LogP contribution in [0.25, 0.3) is 0 Å². The maximum Gasteiger partial charge on any atom is 0.314 e. The third-order valence-corrected chi connectivity index (χ3v) is 3.17. The van der Waals surface area contributed by atoms with E-state index in [1.165, 1.54) is 6.07 Å². The molecule has 0 atom stereocenters. The summed E-state index contributed by atoms with van der Waals surface area (Å²) in [7, 11) is 1.84. The molecule has 0 heterocycles. The van der Waals surface area contributed by atoms with Crippen molar-refractivity contribution in [2.45, 2.75) is 19.8 Å². The van der Waals surface area contributed by atoms with Crippen LogP contribution in [-0.4, -0.2) is 45.9 Å². The fourth-order valence-electron chi connectivity index (χ4n) is 1.98. The molecule has 0 unspecified atom stereocenters. The van der Waals surface area contributed by atoms with Crippen molar-refractivity contribution in [2.24, 2.45) is 0 Å². The number of para-hydroxylation sites is 1. The molecule has 0 aliphatic rings. The van der Waals surface area contributed by atoms with Gasteiger partial charge in [0.1, 0.15) is 5.82 Å². The number of carbonyl (C=O) groups excluding carboxylic acids is 1. The van der Waals surface area contributed by atoms with E-state index in [1.807, 2.05) is 24.9 Å². The zero-order chi connectivity index (χ0) is 16.2. The Morgan fingerprint density at radius 2 is 1.91 bits per heavy atom. The highest BCUT2D eigenvalue weighted by molar-refractivity contribution is 5.73. The van der Waals surface area contributed by atoms with E-state index in [2.05, 4.69) is 10.6 Å². The van der Waals surface area contributed by atoms with E-state index in [1.54, 1.807) is 12.1 Å². The molecule has 2 amide bonds. The number of nitrogens with one attached hydrogen (secondary N) is 2. The summed E-state index contributed by atoms with van der Waals surface area (Å²) in [5, 5.41) is 5.55. The predicted molar refractivity (Wildman–Crippen MR) is 86.8 cm³/mol. The SMILES string of the molecule is CCOCCCNC(=O)NCCCN(C)c1ccccc1F. The minimum Gasteiger partial charge on any atom is -0.382 e. The van der Waals surface area contributed by atoms with Crippen LogP contribution in [0.3, 0.4) is 0 Å². The lowest BCUT2D eigenvalue weighted by molar-refractivity contribution is 0.145. The van der Waals surface area contributed by atoms with Gasteiger partial charge in [-0.15, -0.1) is 0 Å². The molecular weight excluding hydrogens is 285 g/mol. The lowest BCUT2D eigenvalue weighted by atomic mass is 10.2. The first kappa shape index (κ1) is 18.2. The highest BCUT2D eigenvalue weighted by atomic mass is 19.1. The molecule has 6 heteroatoms. The predicted octanol–water partition coefficient (Wildman–Crippen LogP) is 2.38. The second kappa shape index (κ2) is 10.8. The largest absolute Gasteiger partial charge is 0.382 e. The van der Waals surface area contributed by atoms with Gasteiger partial charge in [0.05, 0.1) is 5.69 Å². The normalized spacial score (nSPS) is 10.3. The smallest absolute Gasteiger partial charge is 0.314 e. The molecule has 0 saturated heterocycles. The molecule has 2 N–H and O–H groups in total. The van der Waals surface area contributed by atoms with Crippen molar-refractivity contribution in [3.05, 3.63) is 30.1 Å². The molecule has 0 aliphatic heterocycles. The summed E-state index contributed by atoms with van der Waals surface area (Å²) in [6, 6.07) is 6.49. The van der Waals surface area contributed by atoms with Crippen LogP contribution in [-0.2, 0) is 4.74 Å². The second-order valence-electron chi connectivity index (χ2n) is 4.96. The Bertz CT molecular complexity index is 443. The van der Waals surface area contributed by atoms with Gasteiger partial charge in [0, 0.05) is 39.9 Å². The number of carbonyl (C=O) groups is 1. The molecule has 0 fully saturated rings. The Kier molecular flexibility index (Phi) is 8.98. The Balaban J connectivity index is 2.09. The minimum absolute atomic E-state index is 0.176. The molecule has 0 spiro atoms. The van der Waals surface area contributed by atoms with E-state index in [0.29, 0.717) is 38.5 Å². The first-order valence-corrected chi connectivity index (χ1v) is 7.70. The molecule has 1 aromatic carbocycles. The van der Waals surface area contributed by atoms with Crippen molar-refractivity contribution in [3.63, 3.8) is 0 Å².